The fourth-order valence-electron chi connectivity index (χ4n) is 3.27. The maximum atomic E-state index is 12.9. The standard InChI is InChI=1S/C22H18N4O3/c27-22-20(26(28)29)21(23-19-13-7-8-15-25(19)22)24(18-11-5-2-6-12-18)16-14-17-9-3-1-4-10-17/h1-13,15H,14,16H2. The van der Waals surface area contributed by atoms with Crippen LogP contribution in [0.1, 0.15) is 5.56 Å². The number of fused-ring (bicyclic) bond motifs is 1. The zero-order valence-electron chi connectivity index (χ0n) is 15.5. The molecule has 144 valence electrons. The minimum atomic E-state index is -0.698. The van der Waals surface area contributed by atoms with E-state index >= 15 is 0 Å². The summed E-state index contributed by atoms with van der Waals surface area (Å²) in [6.07, 6.45) is 2.13. The third-order valence-electron chi connectivity index (χ3n) is 4.67. The second kappa shape index (κ2) is 7.93. The Kier molecular flexibility index (Phi) is 5.03. The number of anilines is 2. The third kappa shape index (κ3) is 3.70. The first-order valence-electron chi connectivity index (χ1n) is 9.17. The second-order valence-corrected chi connectivity index (χ2v) is 6.50. The van der Waals surface area contributed by atoms with E-state index < -0.39 is 16.2 Å². The predicted octanol–water partition coefficient (Wildman–Crippen LogP) is 3.98. The molecule has 0 N–H and O–H groups in total. The van der Waals surface area contributed by atoms with Gasteiger partial charge in [-0.2, -0.15) is 0 Å². The summed E-state index contributed by atoms with van der Waals surface area (Å²) in [4.78, 5) is 30.3. The number of nitro groups is 1. The number of hydrogen-bond donors (Lipinski definition) is 0. The Labute approximate surface area is 166 Å². The number of benzene rings is 2. The van der Waals surface area contributed by atoms with E-state index in [1.165, 1.54) is 10.6 Å². The van der Waals surface area contributed by atoms with Crippen LogP contribution in [-0.4, -0.2) is 20.9 Å². The van der Waals surface area contributed by atoms with Crippen molar-refractivity contribution in [1.29, 1.82) is 0 Å². The van der Waals surface area contributed by atoms with Gasteiger partial charge in [0.15, 0.2) is 0 Å². The van der Waals surface area contributed by atoms with Gasteiger partial charge in [0, 0.05) is 18.4 Å². The van der Waals surface area contributed by atoms with E-state index in [1.807, 2.05) is 60.7 Å². The molecule has 0 bridgehead atoms. The highest BCUT2D eigenvalue weighted by Gasteiger charge is 2.28. The molecule has 0 amide bonds. The van der Waals surface area contributed by atoms with Crippen molar-refractivity contribution in [3.05, 3.63) is 111 Å². The number of rotatable bonds is 6. The van der Waals surface area contributed by atoms with Crippen LogP contribution in [0.25, 0.3) is 5.65 Å². The summed E-state index contributed by atoms with van der Waals surface area (Å²) < 4.78 is 1.20. The smallest absolute Gasteiger partial charge is 0.320 e. The Hall–Kier alpha value is -4.00. The Morgan fingerprint density at radius 1 is 0.931 bits per heavy atom. The highest BCUT2D eigenvalue weighted by molar-refractivity contribution is 5.70. The van der Waals surface area contributed by atoms with Crippen molar-refractivity contribution in [3.8, 4) is 0 Å². The van der Waals surface area contributed by atoms with Crippen molar-refractivity contribution >= 4 is 22.8 Å². The van der Waals surface area contributed by atoms with Crippen LogP contribution < -0.4 is 10.5 Å². The topological polar surface area (TPSA) is 80.8 Å². The molecule has 4 rings (SSSR count). The average Bonchev–Trinajstić information content (AvgIpc) is 2.75. The molecule has 7 heteroatoms. The van der Waals surface area contributed by atoms with E-state index in [1.54, 1.807) is 23.1 Å². The monoisotopic (exact) mass is 386 g/mol. The van der Waals surface area contributed by atoms with E-state index in [4.69, 9.17) is 0 Å². The first-order valence-corrected chi connectivity index (χ1v) is 9.17. The van der Waals surface area contributed by atoms with Crippen LogP contribution in [-0.2, 0) is 6.42 Å². The van der Waals surface area contributed by atoms with Gasteiger partial charge >= 0.3 is 11.2 Å². The Bertz CT molecular complexity index is 1210. The van der Waals surface area contributed by atoms with Gasteiger partial charge in [-0.15, -0.1) is 0 Å². The molecule has 0 unspecified atom stereocenters. The number of aromatic nitrogens is 2. The van der Waals surface area contributed by atoms with Crippen molar-refractivity contribution in [3.63, 3.8) is 0 Å². The fraction of sp³-hybridized carbons (Fsp3) is 0.0909. The van der Waals surface area contributed by atoms with Crippen LogP contribution in [0.3, 0.4) is 0 Å². The number of nitrogens with zero attached hydrogens (tertiary/aromatic N) is 4. The van der Waals surface area contributed by atoms with Gasteiger partial charge < -0.3 is 4.90 Å². The van der Waals surface area contributed by atoms with E-state index in [9.17, 15) is 14.9 Å². The Morgan fingerprint density at radius 3 is 2.28 bits per heavy atom. The average molecular weight is 386 g/mol. The summed E-state index contributed by atoms with van der Waals surface area (Å²) >= 11 is 0. The molecule has 4 aromatic rings. The first kappa shape index (κ1) is 18.4. The molecule has 0 aliphatic heterocycles. The van der Waals surface area contributed by atoms with Crippen LogP contribution in [0.4, 0.5) is 17.2 Å². The van der Waals surface area contributed by atoms with Crippen molar-refractivity contribution in [1.82, 2.24) is 9.38 Å². The third-order valence-corrected chi connectivity index (χ3v) is 4.67. The molecule has 29 heavy (non-hydrogen) atoms. The van der Waals surface area contributed by atoms with E-state index in [-0.39, 0.29) is 5.82 Å². The zero-order chi connectivity index (χ0) is 20.2. The van der Waals surface area contributed by atoms with Crippen molar-refractivity contribution in [2.24, 2.45) is 0 Å². The van der Waals surface area contributed by atoms with Gasteiger partial charge in [0.2, 0.25) is 5.82 Å². The lowest BCUT2D eigenvalue weighted by Gasteiger charge is -2.24. The second-order valence-electron chi connectivity index (χ2n) is 6.50. The number of para-hydroxylation sites is 1. The highest BCUT2D eigenvalue weighted by atomic mass is 16.6. The molecule has 0 saturated carbocycles. The number of pyridine rings is 1. The lowest BCUT2D eigenvalue weighted by atomic mass is 10.1. The molecule has 2 aromatic heterocycles. The largest absolute Gasteiger partial charge is 0.376 e. The van der Waals surface area contributed by atoms with E-state index in [2.05, 4.69) is 4.98 Å². The summed E-state index contributed by atoms with van der Waals surface area (Å²) in [5.74, 6) is 0.0494. The summed E-state index contributed by atoms with van der Waals surface area (Å²) in [6.45, 7) is 0.435. The summed E-state index contributed by atoms with van der Waals surface area (Å²) in [5.41, 5.74) is 0.952. The minimum absolute atomic E-state index is 0.0494. The van der Waals surface area contributed by atoms with E-state index in [0.29, 0.717) is 18.6 Å². The minimum Gasteiger partial charge on any atom is -0.320 e. The predicted molar refractivity (Wildman–Crippen MR) is 112 cm³/mol. The van der Waals surface area contributed by atoms with Crippen LogP contribution >= 0.6 is 0 Å². The maximum absolute atomic E-state index is 12.9. The molecule has 0 fully saturated rings. The van der Waals surface area contributed by atoms with Crippen LogP contribution in [0.15, 0.2) is 89.9 Å². The molecule has 0 aliphatic rings. The lowest BCUT2D eigenvalue weighted by molar-refractivity contribution is -0.385. The van der Waals surface area contributed by atoms with Crippen LogP contribution in [0, 0.1) is 10.1 Å². The quantitative estimate of drug-likeness (QED) is 0.370. The molecule has 0 spiro atoms. The van der Waals surface area contributed by atoms with Crippen molar-refractivity contribution in [2.45, 2.75) is 6.42 Å². The molecule has 2 heterocycles. The first-order chi connectivity index (χ1) is 14.1. The summed E-state index contributed by atoms with van der Waals surface area (Å²) in [6, 6.07) is 24.2. The van der Waals surface area contributed by atoms with Gasteiger partial charge in [-0.25, -0.2) is 4.98 Å². The van der Waals surface area contributed by atoms with Crippen LogP contribution in [0.5, 0.6) is 0 Å². The molecule has 0 aliphatic carbocycles. The molecule has 0 atom stereocenters. The zero-order valence-corrected chi connectivity index (χ0v) is 15.5. The van der Waals surface area contributed by atoms with Gasteiger partial charge in [0.1, 0.15) is 5.65 Å². The SMILES string of the molecule is O=c1c([N+](=O)[O-])c(N(CCc2ccccc2)c2ccccc2)nc2ccccn12. The molecule has 2 aromatic carbocycles. The lowest BCUT2D eigenvalue weighted by Crippen LogP contribution is -2.27. The summed E-state index contributed by atoms with van der Waals surface area (Å²) in [7, 11) is 0. The van der Waals surface area contributed by atoms with Crippen molar-refractivity contribution in [2.75, 3.05) is 11.4 Å². The highest BCUT2D eigenvalue weighted by Crippen LogP contribution is 2.30. The van der Waals surface area contributed by atoms with Crippen LogP contribution in [0.2, 0.25) is 0 Å². The van der Waals surface area contributed by atoms with Gasteiger partial charge in [0.25, 0.3) is 0 Å². The van der Waals surface area contributed by atoms with E-state index in [0.717, 1.165) is 11.3 Å². The normalized spacial score (nSPS) is 10.8. The molecule has 0 radical (unpaired) electrons. The fourth-order valence-corrected chi connectivity index (χ4v) is 3.27. The molecule has 0 saturated heterocycles. The molecular weight excluding hydrogens is 368 g/mol. The Morgan fingerprint density at radius 2 is 1.59 bits per heavy atom. The Balaban J connectivity index is 1.87. The van der Waals surface area contributed by atoms with Gasteiger partial charge in [-0.3, -0.25) is 19.3 Å². The summed E-state index contributed by atoms with van der Waals surface area (Å²) in [5, 5.41) is 11.8. The van der Waals surface area contributed by atoms with Crippen molar-refractivity contribution < 1.29 is 4.92 Å². The maximum Gasteiger partial charge on any atom is 0.376 e. The number of hydrogen-bond acceptors (Lipinski definition) is 5. The van der Waals surface area contributed by atoms with Gasteiger partial charge in [-0.1, -0.05) is 54.6 Å². The molecular formula is C22H18N4O3. The van der Waals surface area contributed by atoms with Gasteiger partial charge in [-0.05, 0) is 36.2 Å². The van der Waals surface area contributed by atoms with Gasteiger partial charge in [0.05, 0.1) is 4.92 Å². The molecule has 7 nitrogen and oxygen atoms in total.